The number of rotatable bonds is 1. The van der Waals surface area contributed by atoms with Crippen molar-refractivity contribution in [1.29, 1.82) is 5.26 Å². The molecule has 0 aliphatic heterocycles. The smallest absolute Gasteiger partial charge is 0.158 e. The highest BCUT2D eigenvalue weighted by molar-refractivity contribution is 8.00. The van der Waals surface area contributed by atoms with E-state index in [-0.39, 0.29) is 4.75 Å². The van der Waals surface area contributed by atoms with E-state index in [1.807, 2.05) is 6.07 Å². The van der Waals surface area contributed by atoms with E-state index in [2.05, 4.69) is 30.7 Å². The maximum Gasteiger partial charge on any atom is 0.158 e. The number of hydrogen-bond donors (Lipinski definition) is 0. The average Bonchev–Trinajstić information content (AvgIpc) is 2.03. The van der Waals surface area contributed by atoms with E-state index in [1.54, 1.807) is 18.0 Å². The van der Waals surface area contributed by atoms with Gasteiger partial charge in [0.2, 0.25) is 0 Å². The molecule has 0 spiro atoms. The third-order valence-corrected chi connectivity index (χ3v) is 2.19. The van der Waals surface area contributed by atoms with E-state index >= 15 is 0 Å². The summed E-state index contributed by atoms with van der Waals surface area (Å²) < 4.78 is 0.128. The van der Waals surface area contributed by atoms with E-state index in [4.69, 9.17) is 5.26 Å². The summed E-state index contributed by atoms with van der Waals surface area (Å²) in [5.41, 5.74) is 0.359. The second-order valence-corrected chi connectivity index (χ2v) is 5.41. The van der Waals surface area contributed by atoms with Crippen LogP contribution >= 0.6 is 11.8 Å². The van der Waals surface area contributed by atoms with Crippen LogP contribution in [0.2, 0.25) is 0 Å². The van der Waals surface area contributed by atoms with Crippen molar-refractivity contribution in [3.8, 4) is 6.07 Å². The second kappa shape index (κ2) is 3.75. The Kier molecular flexibility index (Phi) is 2.89. The number of thioether (sulfide) groups is 1. The van der Waals surface area contributed by atoms with Crippen molar-refractivity contribution in [3.05, 3.63) is 18.1 Å². The molecule has 1 heterocycles. The molecule has 1 aromatic heterocycles. The van der Waals surface area contributed by atoms with Crippen LogP contribution in [-0.4, -0.2) is 14.7 Å². The lowest BCUT2D eigenvalue weighted by Crippen LogP contribution is -2.07. The SMILES string of the molecule is CC(C)(C)Sc1cnc(C#N)cn1. The fraction of sp³-hybridized carbons (Fsp3) is 0.444. The Bertz CT molecular complexity index is 318. The molecule has 0 bridgehead atoms. The Balaban J connectivity index is 2.77. The molecular formula is C9H11N3S. The molecule has 0 radical (unpaired) electrons. The van der Waals surface area contributed by atoms with Gasteiger partial charge in [0.15, 0.2) is 5.69 Å². The summed E-state index contributed by atoms with van der Waals surface area (Å²) >= 11 is 1.64. The van der Waals surface area contributed by atoms with Crippen LogP contribution in [-0.2, 0) is 0 Å². The molecule has 0 aromatic carbocycles. The van der Waals surface area contributed by atoms with Crippen LogP contribution in [0.5, 0.6) is 0 Å². The predicted molar refractivity (Wildman–Crippen MR) is 52.4 cm³/mol. The summed E-state index contributed by atoms with van der Waals surface area (Å²) in [4.78, 5) is 8.05. The van der Waals surface area contributed by atoms with Gasteiger partial charge in [0.25, 0.3) is 0 Å². The summed E-state index contributed by atoms with van der Waals surface area (Å²) in [6.07, 6.45) is 3.13. The normalized spacial score (nSPS) is 10.9. The molecule has 3 nitrogen and oxygen atoms in total. The molecule has 1 aromatic rings. The van der Waals surface area contributed by atoms with Crippen LogP contribution in [0.3, 0.4) is 0 Å². The monoisotopic (exact) mass is 193 g/mol. The molecular weight excluding hydrogens is 182 g/mol. The number of nitriles is 1. The summed E-state index contributed by atoms with van der Waals surface area (Å²) in [6, 6.07) is 1.93. The molecule has 4 heteroatoms. The summed E-state index contributed by atoms with van der Waals surface area (Å²) in [6.45, 7) is 6.33. The molecule has 0 N–H and O–H groups in total. The molecule has 0 amide bonds. The Morgan fingerprint density at radius 3 is 2.38 bits per heavy atom. The molecule has 0 aliphatic carbocycles. The zero-order valence-electron chi connectivity index (χ0n) is 7.90. The molecule has 0 unspecified atom stereocenters. The predicted octanol–water partition coefficient (Wildman–Crippen LogP) is 2.24. The van der Waals surface area contributed by atoms with E-state index in [0.29, 0.717) is 5.69 Å². The highest BCUT2D eigenvalue weighted by Crippen LogP contribution is 2.29. The third kappa shape index (κ3) is 3.43. The molecule has 1 rings (SSSR count). The maximum atomic E-state index is 8.50. The van der Waals surface area contributed by atoms with E-state index < -0.39 is 0 Å². The number of nitrogens with zero attached hydrogens (tertiary/aromatic N) is 3. The minimum absolute atomic E-state index is 0.128. The molecule has 0 saturated carbocycles. The first-order valence-corrected chi connectivity index (χ1v) is 4.74. The van der Waals surface area contributed by atoms with Gasteiger partial charge < -0.3 is 0 Å². The van der Waals surface area contributed by atoms with Gasteiger partial charge in [-0.3, -0.25) is 0 Å². The van der Waals surface area contributed by atoms with Gasteiger partial charge in [0.1, 0.15) is 11.1 Å². The van der Waals surface area contributed by atoms with Crippen molar-refractivity contribution in [3.63, 3.8) is 0 Å². The van der Waals surface area contributed by atoms with Gasteiger partial charge >= 0.3 is 0 Å². The zero-order chi connectivity index (χ0) is 9.90. The van der Waals surface area contributed by atoms with Crippen LogP contribution in [0, 0.1) is 11.3 Å². The van der Waals surface area contributed by atoms with Crippen LogP contribution in [0.4, 0.5) is 0 Å². The number of aromatic nitrogens is 2. The first kappa shape index (κ1) is 10.0. The van der Waals surface area contributed by atoms with Crippen molar-refractivity contribution in [2.45, 2.75) is 30.5 Å². The fourth-order valence-corrected chi connectivity index (χ4v) is 1.58. The number of hydrogen-bond acceptors (Lipinski definition) is 4. The Morgan fingerprint density at radius 2 is 2.00 bits per heavy atom. The van der Waals surface area contributed by atoms with Gasteiger partial charge in [0, 0.05) is 4.75 Å². The maximum absolute atomic E-state index is 8.50. The molecule has 0 saturated heterocycles. The third-order valence-electron chi connectivity index (χ3n) is 1.15. The van der Waals surface area contributed by atoms with Gasteiger partial charge in [-0.25, -0.2) is 9.97 Å². The zero-order valence-corrected chi connectivity index (χ0v) is 8.72. The summed E-state index contributed by atoms with van der Waals surface area (Å²) in [5, 5.41) is 9.35. The largest absolute Gasteiger partial charge is 0.245 e. The highest BCUT2D eigenvalue weighted by Gasteiger charge is 2.12. The summed E-state index contributed by atoms with van der Waals surface area (Å²) in [5.74, 6) is 0. The van der Waals surface area contributed by atoms with E-state index in [0.717, 1.165) is 5.03 Å². The van der Waals surface area contributed by atoms with Crippen molar-refractivity contribution in [2.75, 3.05) is 0 Å². The van der Waals surface area contributed by atoms with Gasteiger partial charge in [-0.15, -0.1) is 0 Å². The first-order chi connectivity index (χ1) is 6.01. The highest BCUT2D eigenvalue weighted by atomic mass is 32.2. The van der Waals surface area contributed by atoms with Crippen LogP contribution in [0.1, 0.15) is 26.5 Å². The Hall–Kier alpha value is -1.08. The van der Waals surface area contributed by atoms with Gasteiger partial charge in [0.05, 0.1) is 12.4 Å². The molecule has 0 fully saturated rings. The Morgan fingerprint density at radius 1 is 1.31 bits per heavy atom. The van der Waals surface area contributed by atoms with Crippen molar-refractivity contribution in [1.82, 2.24) is 9.97 Å². The second-order valence-electron chi connectivity index (χ2n) is 3.57. The van der Waals surface area contributed by atoms with Crippen molar-refractivity contribution in [2.24, 2.45) is 0 Å². The molecule has 0 atom stereocenters. The van der Waals surface area contributed by atoms with E-state index in [1.165, 1.54) is 6.20 Å². The van der Waals surface area contributed by atoms with Crippen LogP contribution < -0.4 is 0 Å². The fourth-order valence-electron chi connectivity index (χ4n) is 0.740. The van der Waals surface area contributed by atoms with Gasteiger partial charge in [-0.05, 0) is 0 Å². The van der Waals surface area contributed by atoms with Crippen molar-refractivity contribution >= 4 is 11.8 Å². The van der Waals surface area contributed by atoms with Crippen LogP contribution in [0.15, 0.2) is 17.4 Å². The Labute approximate surface area is 82.2 Å². The lowest BCUT2D eigenvalue weighted by atomic mass is 10.3. The van der Waals surface area contributed by atoms with Crippen molar-refractivity contribution < 1.29 is 0 Å². The standard InChI is InChI=1S/C9H11N3S/c1-9(2,3)13-8-6-11-7(4-10)5-12-8/h5-6H,1-3H3. The molecule has 0 aliphatic rings. The topological polar surface area (TPSA) is 49.6 Å². The lowest BCUT2D eigenvalue weighted by Gasteiger charge is -2.15. The molecule has 13 heavy (non-hydrogen) atoms. The lowest BCUT2D eigenvalue weighted by molar-refractivity contribution is 0.798. The van der Waals surface area contributed by atoms with Gasteiger partial charge in [-0.1, -0.05) is 32.5 Å². The molecule has 68 valence electrons. The summed E-state index contributed by atoms with van der Waals surface area (Å²) in [7, 11) is 0. The average molecular weight is 193 g/mol. The quantitative estimate of drug-likeness (QED) is 0.642. The van der Waals surface area contributed by atoms with Gasteiger partial charge in [-0.2, -0.15) is 5.26 Å². The van der Waals surface area contributed by atoms with E-state index in [9.17, 15) is 0 Å². The van der Waals surface area contributed by atoms with Crippen LogP contribution in [0.25, 0.3) is 0 Å². The minimum Gasteiger partial charge on any atom is -0.245 e. The minimum atomic E-state index is 0.128. The first-order valence-electron chi connectivity index (χ1n) is 3.92.